The number of rotatable bonds is 7. The third-order valence-electron chi connectivity index (χ3n) is 4.38. The molecule has 0 aromatic heterocycles. The maximum atomic E-state index is 10.8. The lowest BCUT2D eigenvalue weighted by atomic mass is 9.95. The Bertz CT molecular complexity index is 880. The van der Waals surface area contributed by atoms with E-state index in [1.54, 1.807) is 6.21 Å². The van der Waals surface area contributed by atoms with Crippen LogP contribution in [-0.2, 0) is 11.4 Å². The van der Waals surface area contributed by atoms with Crippen molar-refractivity contribution >= 4 is 30.7 Å². The highest BCUT2D eigenvalue weighted by molar-refractivity contribution is 5.85. The van der Waals surface area contributed by atoms with Gasteiger partial charge in [-0.15, -0.1) is 12.4 Å². The predicted octanol–water partition coefficient (Wildman–Crippen LogP) is 4.01. The van der Waals surface area contributed by atoms with Crippen molar-refractivity contribution in [2.24, 2.45) is 10.9 Å². The van der Waals surface area contributed by atoms with Gasteiger partial charge in [0.05, 0.1) is 6.21 Å². The average Bonchev–Trinajstić information content (AvgIpc) is 2.66. The monoisotopic (exact) mass is 402 g/mol. The molecule has 0 bridgehead atoms. The number of hydrogen-bond donors (Lipinski definition) is 2. The topological polar surface area (TPSA) is 94.1 Å². The largest absolute Gasteiger partial charge is 0.489 e. The van der Waals surface area contributed by atoms with Gasteiger partial charge in [0.1, 0.15) is 23.7 Å². The molecule has 0 saturated heterocycles. The first-order valence-corrected chi connectivity index (χ1v) is 8.66. The molecule has 7 heteroatoms. The maximum Gasteiger partial charge on any atom is 0.303 e. The molecule has 2 aromatic rings. The van der Waals surface area contributed by atoms with Crippen LogP contribution < -0.4 is 15.3 Å². The minimum atomic E-state index is -0.828. The molecule has 0 saturated carbocycles. The van der Waals surface area contributed by atoms with Crippen molar-refractivity contribution in [2.45, 2.75) is 32.0 Å². The summed E-state index contributed by atoms with van der Waals surface area (Å²) in [6.07, 6.45) is 5.92. The number of hydrogen-bond acceptors (Lipinski definition) is 5. The zero-order valence-electron chi connectivity index (χ0n) is 15.5. The Morgan fingerprint density at radius 2 is 2.04 bits per heavy atom. The first-order valence-electron chi connectivity index (χ1n) is 8.66. The third kappa shape index (κ3) is 5.50. The van der Waals surface area contributed by atoms with Crippen molar-refractivity contribution in [1.82, 2.24) is 0 Å². The molecule has 0 amide bonds. The van der Waals surface area contributed by atoms with E-state index in [0.29, 0.717) is 13.0 Å². The second-order valence-electron chi connectivity index (χ2n) is 6.65. The molecule has 0 spiro atoms. The summed E-state index contributed by atoms with van der Waals surface area (Å²) < 4.78 is 11.9. The van der Waals surface area contributed by atoms with Crippen LogP contribution in [0, 0.1) is 0 Å². The Balaban J connectivity index is 0.00000280. The number of hydrazone groups is 1. The molecule has 28 heavy (non-hydrogen) atoms. The molecule has 2 aromatic carbocycles. The summed E-state index contributed by atoms with van der Waals surface area (Å²) in [5.74, 6) is 5.78. The van der Waals surface area contributed by atoms with Crippen molar-refractivity contribution in [2.75, 3.05) is 0 Å². The number of fused-ring (bicyclic) bond motifs is 1. The summed E-state index contributed by atoms with van der Waals surface area (Å²) in [4.78, 5) is 10.8. The number of benzene rings is 2. The average molecular weight is 403 g/mol. The summed E-state index contributed by atoms with van der Waals surface area (Å²) in [6.45, 7) is 2.33. The first-order chi connectivity index (χ1) is 13.0. The normalized spacial score (nSPS) is 17.5. The van der Waals surface area contributed by atoms with Gasteiger partial charge in [0, 0.05) is 18.4 Å². The van der Waals surface area contributed by atoms with Crippen molar-refractivity contribution < 1.29 is 19.4 Å². The second-order valence-corrected chi connectivity index (χ2v) is 6.65. The summed E-state index contributed by atoms with van der Waals surface area (Å²) >= 11 is 0. The Morgan fingerprint density at radius 1 is 1.29 bits per heavy atom. The van der Waals surface area contributed by atoms with E-state index in [-0.39, 0.29) is 18.8 Å². The van der Waals surface area contributed by atoms with Gasteiger partial charge in [-0.3, -0.25) is 4.79 Å². The summed E-state index contributed by atoms with van der Waals surface area (Å²) in [5.41, 5.74) is 2.27. The van der Waals surface area contributed by atoms with Gasteiger partial charge in [-0.2, -0.15) is 5.10 Å². The number of ether oxygens (including phenoxy) is 2. The summed E-state index contributed by atoms with van der Waals surface area (Å²) in [7, 11) is 0. The molecular weight excluding hydrogens is 380 g/mol. The number of carboxylic acids is 1. The fourth-order valence-corrected chi connectivity index (χ4v) is 2.83. The van der Waals surface area contributed by atoms with Gasteiger partial charge in [-0.1, -0.05) is 30.3 Å². The van der Waals surface area contributed by atoms with Gasteiger partial charge in [0.2, 0.25) is 0 Å². The Labute approximate surface area is 170 Å². The van der Waals surface area contributed by atoms with E-state index < -0.39 is 11.6 Å². The summed E-state index contributed by atoms with van der Waals surface area (Å²) in [5, 5.41) is 12.4. The quantitative estimate of drug-likeness (QED) is 0.414. The standard InChI is InChI=1S/C21H22N2O4.ClH/c1-21(11-9-20(24)25)10-8-17-12-18(6-7-19(17)27-21)26-14-16-4-2-15(3-5-16)13-23-22;/h2-8,10,12-13H,9,11,14,22H2,1H3,(H,24,25);1H. The Morgan fingerprint density at radius 3 is 2.71 bits per heavy atom. The van der Waals surface area contributed by atoms with Crippen LogP contribution in [0.1, 0.15) is 36.5 Å². The fourth-order valence-electron chi connectivity index (χ4n) is 2.83. The number of carboxylic acid groups (broad SMARTS) is 1. The van der Waals surface area contributed by atoms with Crippen LogP contribution >= 0.6 is 12.4 Å². The molecule has 3 rings (SSSR count). The smallest absolute Gasteiger partial charge is 0.303 e. The molecule has 6 nitrogen and oxygen atoms in total. The lowest BCUT2D eigenvalue weighted by molar-refractivity contribution is -0.137. The molecular formula is C21H23ClN2O4. The van der Waals surface area contributed by atoms with Crippen LogP contribution in [0.2, 0.25) is 0 Å². The summed E-state index contributed by atoms with van der Waals surface area (Å²) in [6, 6.07) is 13.4. The van der Waals surface area contributed by atoms with E-state index >= 15 is 0 Å². The predicted molar refractivity (Wildman–Crippen MR) is 111 cm³/mol. The molecule has 0 radical (unpaired) electrons. The lowest BCUT2D eigenvalue weighted by Crippen LogP contribution is -2.32. The van der Waals surface area contributed by atoms with Crippen LogP contribution in [0.25, 0.3) is 6.08 Å². The van der Waals surface area contributed by atoms with Crippen LogP contribution in [0.15, 0.2) is 53.6 Å². The molecule has 0 aliphatic carbocycles. The number of carbonyl (C=O) groups is 1. The third-order valence-corrected chi connectivity index (χ3v) is 4.38. The van der Waals surface area contributed by atoms with E-state index in [2.05, 4.69) is 5.10 Å². The van der Waals surface area contributed by atoms with E-state index in [1.807, 2.05) is 61.5 Å². The SMILES string of the molecule is CC1(CCC(=O)O)C=Cc2cc(OCc3ccc(C=NN)cc3)ccc2O1.Cl. The Hall–Kier alpha value is -2.99. The van der Waals surface area contributed by atoms with Crippen LogP contribution in [0.4, 0.5) is 0 Å². The molecule has 0 fully saturated rings. The minimum absolute atomic E-state index is 0. The van der Waals surface area contributed by atoms with Crippen molar-refractivity contribution in [3.63, 3.8) is 0 Å². The molecule has 1 atom stereocenters. The van der Waals surface area contributed by atoms with E-state index in [1.165, 1.54) is 0 Å². The minimum Gasteiger partial charge on any atom is -0.489 e. The molecule has 1 aliphatic rings. The van der Waals surface area contributed by atoms with Gasteiger partial charge in [0.25, 0.3) is 0 Å². The number of nitrogens with two attached hydrogens (primary N) is 1. The molecule has 1 heterocycles. The van der Waals surface area contributed by atoms with Gasteiger partial charge < -0.3 is 20.4 Å². The van der Waals surface area contributed by atoms with Gasteiger partial charge >= 0.3 is 5.97 Å². The zero-order chi connectivity index (χ0) is 19.3. The highest BCUT2D eigenvalue weighted by atomic mass is 35.5. The van der Waals surface area contributed by atoms with E-state index in [9.17, 15) is 4.79 Å². The second kappa shape index (κ2) is 9.28. The molecule has 148 valence electrons. The number of aliphatic carboxylic acids is 1. The molecule has 1 aliphatic heterocycles. The number of halogens is 1. The van der Waals surface area contributed by atoms with Gasteiger partial charge in [-0.05, 0) is 42.3 Å². The van der Waals surface area contributed by atoms with Gasteiger partial charge in [-0.25, -0.2) is 0 Å². The highest BCUT2D eigenvalue weighted by Crippen LogP contribution is 2.35. The van der Waals surface area contributed by atoms with E-state index in [4.69, 9.17) is 20.4 Å². The first kappa shape index (κ1) is 21.3. The van der Waals surface area contributed by atoms with Crippen LogP contribution in [-0.4, -0.2) is 22.9 Å². The van der Waals surface area contributed by atoms with Crippen molar-refractivity contribution in [3.05, 3.63) is 65.2 Å². The zero-order valence-corrected chi connectivity index (χ0v) is 16.3. The fraction of sp³-hybridized carbons (Fsp3) is 0.238. The van der Waals surface area contributed by atoms with Crippen LogP contribution in [0.3, 0.4) is 0 Å². The molecule has 1 unspecified atom stereocenters. The van der Waals surface area contributed by atoms with Crippen LogP contribution in [0.5, 0.6) is 11.5 Å². The van der Waals surface area contributed by atoms with Gasteiger partial charge in [0.15, 0.2) is 0 Å². The van der Waals surface area contributed by atoms with Crippen molar-refractivity contribution in [3.8, 4) is 11.5 Å². The Kier molecular flexibility index (Phi) is 7.06. The highest BCUT2D eigenvalue weighted by Gasteiger charge is 2.28. The number of nitrogens with zero attached hydrogens (tertiary/aromatic N) is 1. The maximum absolute atomic E-state index is 10.8. The lowest BCUT2D eigenvalue weighted by Gasteiger charge is -2.31. The molecule has 3 N–H and O–H groups in total. The van der Waals surface area contributed by atoms with E-state index in [0.717, 1.165) is 28.2 Å². The van der Waals surface area contributed by atoms with Crippen molar-refractivity contribution in [1.29, 1.82) is 0 Å².